The van der Waals surface area contributed by atoms with E-state index in [1.807, 2.05) is 0 Å². The number of hydrogen-bond donors (Lipinski definition) is 0. The number of hydrogen-bond acceptors (Lipinski definition) is 5. The molecule has 94 valence electrons. The first-order valence-corrected chi connectivity index (χ1v) is 6.06. The van der Waals surface area contributed by atoms with E-state index in [0.717, 1.165) is 6.42 Å². The summed E-state index contributed by atoms with van der Waals surface area (Å²) in [6.45, 7) is 1.93. The lowest BCUT2D eigenvalue weighted by molar-refractivity contribution is -0.390. The number of ether oxygens (including phenoxy) is 2. The Morgan fingerprint density at radius 2 is 2.29 bits per heavy atom. The second kappa shape index (κ2) is 5.56. The van der Waals surface area contributed by atoms with Gasteiger partial charge in [0.25, 0.3) is 0 Å². The van der Waals surface area contributed by atoms with E-state index in [1.165, 1.54) is 4.68 Å². The molecule has 0 spiro atoms. The maximum Gasteiger partial charge on any atom is 0.404 e. The first-order valence-electron chi connectivity index (χ1n) is 5.27. The molecule has 2 heterocycles. The van der Waals surface area contributed by atoms with Gasteiger partial charge in [-0.05, 0) is 27.3 Å². The van der Waals surface area contributed by atoms with Gasteiger partial charge >= 0.3 is 5.82 Å². The van der Waals surface area contributed by atoms with E-state index < -0.39 is 4.92 Å². The van der Waals surface area contributed by atoms with Crippen molar-refractivity contribution in [3.8, 4) is 0 Å². The Morgan fingerprint density at radius 3 is 2.88 bits per heavy atom. The average molecular weight is 306 g/mol. The van der Waals surface area contributed by atoms with E-state index in [-0.39, 0.29) is 12.1 Å². The number of rotatable bonds is 4. The zero-order valence-corrected chi connectivity index (χ0v) is 10.6. The van der Waals surface area contributed by atoms with Crippen LogP contribution in [0.5, 0.6) is 0 Å². The van der Waals surface area contributed by atoms with Gasteiger partial charge in [-0.15, -0.1) is 0 Å². The summed E-state index contributed by atoms with van der Waals surface area (Å²) in [4.78, 5) is 10.1. The average Bonchev–Trinajstić information content (AvgIpc) is 2.69. The minimum Gasteiger partial charge on any atom is -0.358 e. The van der Waals surface area contributed by atoms with Crippen LogP contribution in [-0.4, -0.2) is 34.2 Å². The fourth-order valence-corrected chi connectivity index (χ4v) is 2.03. The highest BCUT2D eigenvalue weighted by atomic mass is 79.9. The highest BCUT2D eigenvalue weighted by Crippen LogP contribution is 2.22. The molecule has 1 aromatic heterocycles. The quantitative estimate of drug-likeness (QED) is 0.625. The Kier molecular flexibility index (Phi) is 4.08. The second-order valence-electron chi connectivity index (χ2n) is 3.63. The minimum absolute atomic E-state index is 0.171. The SMILES string of the molecule is O=[N+]([O-])c1nn(CCC2OCCCO2)cc1Br. The molecule has 1 aliphatic heterocycles. The standard InChI is InChI=1S/C9H12BrN3O4/c10-7-6-12(11-9(7)13(14)15)3-2-8-16-4-1-5-17-8/h6,8H,1-5H2. The van der Waals surface area contributed by atoms with Crippen LogP contribution in [0.3, 0.4) is 0 Å². The van der Waals surface area contributed by atoms with E-state index in [1.54, 1.807) is 6.20 Å². The van der Waals surface area contributed by atoms with Gasteiger partial charge in [0.15, 0.2) is 6.29 Å². The number of halogens is 1. The summed E-state index contributed by atoms with van der Waals surface area (Å²) in [7, 11) is 0. The molecule has 0 atom stereocenters. The van der Waals surface area contributed by atoms with Gasteiger partial charge in [-0.25, -0.2) is 0 Å². The minimum atomic E-state index is -0.520. The lowest BCUT2D eigenvalue weighted by atomic mass is 10.3. The zero-order chi connectivity index (χ0) is 12.3. The molecule has 17 heavy (non-hydrogen) atoms. The van der Waals surface area contributed by atoms with Crippen molar-refractivity contribution < 1.29 is 14.4 Å². The molecule has 8 heteroatoms. The third-order valence-corrected chi connectivity index (χ3v) is 2.92. The van der Waals surface area contributed by atoms with E-state index in [0.29, 0.717) is 30.7 Å². The van der Waals surface area contributed by atoms with Gasteiger partial charge in [-0.1, -0.05) is 0 Å². The van der Waals surface area contributed by atoms with E-state index in [4.69, 9.17) is 9.47 Å². The lowest BCUT2D eigenvalue weighted by Gasteiger charge is -2.22. The Balaban J connectivity index is 1.90. The summed E-state index contributed by atoms with van der Waals surface area (Å²) >= 11 is 3.10. The maximum atomic E-state index is 10.6. The zero-order valence-electron chi connectivity index (χ0n) is 9.04. The Labute approximate surface area is 106 Å². The van der Waals surface area contributed by atoms with Gasteiger partial charge in [0.1, 0.15) is 4.47 Å². The van der Waals surface area contributed by atoms with Gasteiger partial charge in [-0.2, -0.15) is 4.68 Å². The normalized spacial score (nSPS) is 17.2. The van der Waals surface area contributed by atoms with Crippen LogP contribution in [0, 0.1) is 10.1 Å². The van der Waals surface area contributed by atoms with Crippen LogP contribution in [0.1, 0.15) is 12.8 Å². The van der Waals surface area contributed by atoms with Gasteiger partial charge in [0.05, 0.1) is 31.1 Å². The van der Waals surface area contributed by atoms with Crippen LogP contribution in [0.25, 0.3) is 0 Å². The van der Waals surface area contributed by atoms with Gasteiger partial charge in [0.2, 0.25) is 0 Å². The third kappa shape index (κ3) is 3.24. The molecular formula is C9H12BrN3O4. The van der Waals surface area contributed by atoms with Crippen molar-refractivity contribution in [1.29, 1.82) is 0 Å². The molecule has 0 bridgehead atoms. The number of nitro groups is 1. The van der Waals surface area contributed by atoms with Crippen LogP contribution < -0.4 is 0 Å². The van der Waals surface area contributed by atoms with Crippen LogP contribution in [0.2, 0.25) is 0 Å². The molecular weight excluding hydrogens is 294 g/mol. The van der Waals surface area contributed by atoms with Crippen LogP contribution >= 0.6 is 15.9 Å². The smallest absolute Gasteiger partial charge is 0.358 e. The van der Waals surface area contributed by atoms with Crippen LogP contribution in [0.4, 0.5) is 5.82 Å². The molecule has 0 aliphatic carbocycles. The summed E-state index contributed by atoms with van der Waals surface area (Å²) in [5.41, 5.74) is 0. The fraction of sp³-hybridized carbons (Fsp3) is 0.667. The Hall–Kier alpha value is -0.990. The molecule has 7 nitrogen and oxygen atoms in total. The van der Waals surface area contributed by atoms with Crippen molar-refractivity contribution in [3.05, 3.63) is 20.8 Å². The molecule has 2 rings (SSSR count). The van der Waals surface area contributed by atoms with Crippen molar-refractivity contribution in [2.24, 2.45) is 0 Å². The highest BCUT2D eigenvalue weighted by molar-refractivity contribution is 9.10. The van der Waals surface area contributed by atoms with E-state index in [2.05, 4.69) is 21.0 Å². The first kappa shape index (κ1) is 12.5. The summed E-state index contributed by atoms with van der Waals surface area (Å²) in [6, 6.07) is 0. The molecule has 0 unspecified atom stereocenters. The largest absolute Gasteiger partial charge is 0.404 e. The van der Waals surface area contributed by atoms with Crippen LogP contribution in [0.15, 0.2) is 10.7 Å². The Bertz CT molecular complexity index is 403. The van der Waals surface area contributed by atoms with Crippen molar-refractivity contribution in [1.82, 2.24) is 9.78 Å². The van der Waals surface area contributed by atoms with Crippen molar-refractivity contribution >= 4 is 21.7 Å². The molecule has 0 radical (unpaired) electrons. The van der Waals surface area contributed by atoms with E-state index in [9.17, 15) is 10.1 Å². The predicted octanol–water partition coefficient (Wildman–Crippen LogP) is 1.71. The number of aromatic nitrogens is 2. The van der Waals surface area contributed by atoms with Gasteiger partial charge in [-0.3, -0.25) is 0 Å². The first-order chi connectivity index (χ1) is 8.16. The van der Waals surface area contributed by atoms with Crippen molar-refractivity contribution in [2.45, 2.75) is 25.7 Å². The van der Waals surface area contributed by atoms with Gasteiger partial charge in [0, 0.05) is 6.42 Å². The number of nitrogens with zero attached hydrogens (tertiary/aromatic N) is 3. The molecule has 0 saturated carbocycles. The summed E-state index contributed by atoms with van der Waals surface area (Å²) in [6.07, 6.45) is 2.90. The molecule has 1 saturated heterocycles. The lowest BCUT2D eigenvalue weighted by Crippen LogP contribution is -2.26. The summed E-state index contributed by atoms with van der Waals surface area (Å²) in [5, 5.41) is 14.4. The molecule has 1 fully saturated rings. The topological polar surface area (TPSA) is 79.4 Å². The van der Waals surface area contributed by atoms with Crippen LogP contribution in [-0.2, 0) is 16.0 Å². The summed E-state index contributed by atoms with van der Waals surface area (Å²) in [5.74, 6) is -0.171. The monoisotopic (exact) mass is 305 g/mol. The summed E-state index contributed by atoms with van der Waals surface area (Å²) < 4.78 is 12.7. The predicted molar refractivity (Wildman–Crippen MR) is 61.5 cm³/mol. The number of aryl methyl sites for hydroxylation is 1. The maximum absolute atomic E-state index is 10.6. The molecule has 1 aliphatic rings. The molecule has 0 aromatic carbocycles. The Morgan fingerprint density at radius 1 is 1.59 bits per heavy atom. The van der Waals surface area contributed by atoms with Gasteiger partial charge < -0.3 is 19.6 Å². The second-order valence-corrected chi connectivity index (χ2v) is 4.49. The molecule has 0 amide bonds. The van der Waals surface area contributed by atoms with E-state index >= 15 is 0 Å². The highest BCUT2D eigenvalue weighted by Gasteiger charge is 2.20. The molecule has 1 aromatic rings. The molecule has 0 N–H and O–H groups in total. The van der Waals surface area contributed by atoms with Crippen molar-refractivity contribution in [2.75, 3.05) is 13.2 Å². The fourth-order valence-electron chi connectivity index (χ4n) is 1.57. The van der Waals surface area contributed by atoms with Crippen molar-refractivity contribution in [3.63, 3.8) is 0 Å². The third-order valence-electron chi connectivity index (χ3n) is 2.36.